The first kappa shape index (κ1) is 15.9. The highest BCUT2D eigenvalue weighted by molar-refractivity contribution is 5.94. The largest absolute Gasteiger partial charge is 0.454 e. The fourth-order valence-electron chi connectivity index (χ4n) is 3.72. The van der Waals surface area contributed by atoms with Crippen LogP contribution in [0.1, 0.15) is 33.7 Å². The van der Waals surface area contributed by atoms with Gasteiger partial charge in [-0.25, -0.2) is 4.68 Å². The van der Waals surface area contributed by atoms with Crippen molar-refractivity contribution in [2.75, 3.05) is 6.79 Å². The minimum atomic E-state index is -0.138. The van der Waals surface area contributed by atoms with Gasteiger partial charge >= 0.3 is 0 Å². The van der Waals surface area contributed by atoms with Crippen molar-refractivity contribution < 1.29 is 14.3 Å². The van der Waals surface area contributed by atoms with Crippen LogP contribution in [0, 0.1) is 0 Å². The molecule has 2 aromatic carbocycles. The van der Waals surface area contributed by atoms with Gasteiger partial charge in [0.05, 0.1) is 5.69 Å². The van der Waals surface area contributed by atoms with Crippen molar-refractivity contribution in [3.8, 4) is 17.2 Å². The molecule has 1 N–H and O–H groups in total. The number of hydrogen-bond acceptors (Lipinski definition) is 4. The molecule has 1 amide bonds. The van der Waals surface area contributed by atoms with Crippen LogP contribution < -0.4 is 14.8 Å². The molecular weight excluding hydrogens is 342 g/mol. The molecule has 27 heavy (non-hydrogen) atoms. The van der Waals surface area contributed by atoms with Crippen molar-refractivity contribution in [3.05, 3.63) is 71.0 Å². The molecule has 0 fully saturated rings. The molecule has 2 heterocycles. The first-order valence-electron chi connectivity index (χ1n) is 9.12. The van der Waals surface area contributed by atoms with Gasteiger partial charge in [0.15, 0.2) is 17.2 Å². The van der Waals surface area contributed by atoms with E-state index in [1.54, 1.807) is 0 Å². The third-order valence-corrected chi connectivity index (χ3v) is 5.04. The van der Waals surface area contributed by atoms with E-state index in [9.17, 15) is 4.79 Å². The van der Waals surface area contributed by atoms with Gasteiger partial charge in [0.25, 0.3) is 5.91 Å². The van der Waals surface area contributed by atoms with Gasteiger partial charge in [0.1, 0.15) is 0 Å². The lowest BCUT2D eigenvalue weighted by Crippen LogP contribution is -2.24. The molecule has 6 heteroatoms. The van der Waals surface area contributed by atoms with Crippen molar-refractivity contribution in [2.45, 2.75) is 25.8 Å². The molecule has 6 nitrogen and oxygen atoms in total. The van der Waals surface area contributed by atoms with Crippen LogP contribution in [-0.4, -0.2) is 22.5 Å². The number of amides is 1. The second kappa shape index (κ2) is 6.46. The van der Waals surface area contributed by atoms with E-state index in [4.69, 9.17) is 9.47 Å². The molecule has 0 saturated carbocycles. The zero-order valence-electron chi connectivity index (χ0n) is 14.8. The maximum absolute atomic E-state index is 12.8. The summed E-state index contributed by atoms with van der Waals surface area (Å²) in [4.78, 5) is 12.8. The van der Waals surface area contributed by atoms with Gasteiger partial charge in [-0.3, -0.25) is 4.79 Å². The second-order valence-corrected chi connectivity index (χ2v) is 6.75. The Morgan fingerprint density at radius 1 is 1.07 bits per heavy atom. The minimum Gasteiger partial charge on any atom is -0.454 e. The van der Waals surface area contributed by atoms with E-state index in [0.717, 1.165) is 53.3 Å². The van der Waals surface area contributed by atoms with Gasteiger partial charge in [-0.1, -0.05) is 24.3 Å². The lowest BCUT2D eigenvalue weighted by Gasteiger charge is -2.06. The topological polar surface area (TPSA) is 65.4 Å². The smallest absolute Gasteiger partial charge is 0.272 e. The highest BCUT2D eigenvalue weighted by Crippen LogP contribution is 2.32. The van der Waals surface area contributed by atoms with Gasteiger partial charge in [-0.2, -0.15) is 5.10 Å². The summed E-state index contributed by atoms with van der Waals surface area (Å²) in [5.74, 6) is 1.32. The Morgan fingerprint density at radius 2 is 1.93 bits per heavy atom. The number of nitrogens with one attached hydrogen (secondary N) is 1. The van der Waals surface area contributed by atoms with E-state index in [-0.39, 0.29) is 12.7 Å². The van der Waals surface area contributed by atoms with E-state index in [0.29, 0.717) is 12.2 Å². The van der Waals surface area contributed by atoms with Gasteiger partial charge in [-0.15, -0.1) is 0 Å². The minimum absolute atomic E-state index is 0.138. The predicted octanol–water partition coefficient (Wildman–Crippen LogP) is 3.02. The van der Waals surface area contributed by atoms with Crippen LogP contribution >= 0.6 is 0 Å². The summed E-state index contributed by atoms with van der Waals surface area (Å²) < 4.78 is 12.6. The van der Waals surface area contributed by atoms with Crippen LogP contribution in [0.5, 0.6) is 11.5 Å². The Hall–Kier alpha value is -3.28. The normalized spacial score (nSPS) is 14.2. The maximum atomic E-state index is 12.8. The van der Waals surface area contributed by atoms with Crippen molar-refractivity contribution in [1.29, 1.82) is 0 Å². The van der Waals surface area contributed by atoms with Gasteiger partial charge in [0.2, 0.25) is 6.79 Å². The zero-order chi connectivity index (χ0) is 18.2. The number of rotatable bonds is 4. The molecule has 1 aromatic heterocycles. The third-order valence-electron chi connectivity index (χ3n) is 5.04. The second-order valence-electron chi connectivity index (χ2n) is 6.75. The molecule has 0 saturated heterocycles. The maximum Gasteiger partial charge on any atom is 0.272 e. The number of para-hydroxylation sites is 1. The highest BCUT2D eigenvalue weighted by atomic mass is 16.7. The number of ether oxygens (including phenoxy) is 2. The molecule has 1 aliphatic heterocycles. The lowest BCUT2D eigenvalue weighted by atomic mass is 10.1. The van der Waals surface area contributed by atoms with Gasteiger partial charge in [0, 0.05) is 17.8 Å². The van der Waals surface area contributed by atoms with Crippen molar-refractivity contribution in [2.24, 2.45) is 0 Å². The first-order chi connectivity index (χ1) is 13.3. The average molecular weight is 361 g/mol. The summed E-state index contributed by atoms with van der Waals surface area (Å²) in [5, 5.41) is 7.62. The number of nitrogens with zero attached hydrogens (tertiary/aromatic N) is 2. The summed E-state index contributed by atoms with van der Waals surface area (Å²) in [5.41, 5.74) is 4.71. The lowest BCUT2D eigenvalue weighted by molar-refractivity contribution is 0.0944. The van der Waals surface area contributed by atoms with Crippen LogP contribution in [0.4, 0.5) is 0 Å². The number of carbonyl (C=O) groups is 1. The molecule has 0 bridgehead atoms. The van der Waals surface area contributed by atoms with Crippen molar-refractivity contribution >= 4 is 5.91 Å². The SMILES string of the molecule is O=C(NCc1ccc2c(c1)OCO2)c1nn(-c2ccccc2)c2c1CCC2. The average Bonchev–Trinajstić information content (AvgIpc) is 3.42. The van der Waals surface area contributed by atoms with E-state index in [2.05, 4.69) is 10.4 Å². The monoisotopic (exact) mass is 361 g/mol. The Balaban J connectivity index is 1.38. The van der Waals surface area contributed by atoms with E-state index < -0.39 is 0 Å². The number of fused-ring (bicyclic) bond motifs is 2. The molecule has 0 atom stereocenters. The molecule has 0 radical (unpaired) electrons. The summed E-state index contributed by atoms with van der Waals surface area (Å²) in [7, 11) is 0. The molecule has 0 unspecified atom stereocenters. The standard InChI is InChI=1S/C21H19N3O3/c25-21(22-12-14-9-10-18-19(11-14)27-13-26-18)20-16-7-4-8-17(16)24(23-20)15-5-2-1-3-6-15/h1-3,5-6,9-11H,4,7-8,12-13H2,(H,22,25). The quantitative estimate of drug-likeness (QED) is 0.776. The first-order valence-corrected chi connectivity index (χ1v) is 9.12. The molecule has 3 aromatic rings. The van der Waals surface area contributed by atoms with Crippen LogP contribution in [0.15, 0.2) is 48.5 Å². The van der Waals surface area contributed by atoms with E-state index in [1.165, 1.54) is 0 Å². The van der Waals surface area contributed by atoms with Crippen LogP contribution in [-0.2, 0) is 19.4 Å². The summed E-state index contributed by atoms with van der Waals surface area (Å²) in [6.07, 6.45) is 2.91. The molecule has 5 rings (SSSR count). The van der Waals surface area contributed by atoms with Crippen LogP contribution in [0.3, 0.4) is 0 Å². The highest BCUT2D eigenvalue weighted by Gasteiger charge is 2.26. The number of hydrogen-bond donors (Lipinski definition) is 1. The van der Waals surface area contributed by atoms with Crippen LogP contribution in [0.25, 0.3) is 5.69 Å². The van der Waals surface area contributed by atoms with Gasteiger partial charge < -0.3 is 14.8 Å². The summed E-state index contributed by atoms with van der Waals surface area (Å²) in [6, 6.07) is 15.7. The number of benzene rings is 2. The van der Waals surface area contributed by atoms with Gasteiger partial charge in [-0.05, 0) is 49.1 Å². The Morgan fingerprint density at radius 3 is 2.81 bits per heavy atom. The van der Waals surface area contributed by atoms with Crippen LogP contribution in [0.2, 0.25) is 0 Å². The summed E-state index contributed by atoms with van der Waals surface area (Å²) in [6.45, 7) is 0.663. The molecule has 2 aliphatic rings. The fourth-order valence-corrected chi connectivity index (χ4v) is 3.72. The molecule has 136 valence electrons. The third kappa shape index (κ3) is 2.83. The van der Waals surface area contributed by atoms with Crippen molar-refractivity contribution in [1.82, 2.24) is 15.1 Å². The van der Waals surface area contributed by atoms with E-state index in [1.807, 2.05) is 53.2 Å². The molecular formula is C21H19N3O3. The predicted molar refractivity (Wildman–Crippen MR) is 99.3 cm³/mol. The van der Waals surface area contributed by atoms with Crippen molar-refractivity contribution in [3.63, 3.8) is 0 Å². The fraction of sp³-hybridized carbons (Fsp3) is 0.238. The summed E-state index contributed by atoms with van der Waals surface area (Å²) >= 11 is 0. The Kier molecular flexibility index (Phi) is 3.81. The molecule has 0 spiro atoms. The number of carbonyl (C=O) groups excluding carboxylic acids is 1. The Labute approximate surface area is 156 Å². The Bertz CT molecular complexity index is 1010. The van der Waals surface area contributed by atoms with E-state index >= 15 is 0 Å². The molecule has 1 aliphatic carbocycles. The number of aromatic nitrogens is 2. The zero-order valence-corrected chi connectivity index (χ0v) is 14.8.